The summed E-state index contributed by atoms with van der Waals surface area (Å²) in [5.74, 6) is -0.896. The van der Waals surface area contributed by atoms with Crippen LogP contribution in [-0.4, -0.2) is 17.1 Å². The summed E-state index contributed by atoms with van der Waals surface area (Å²) in [7, 11) is 0. The van der Waals surface area contributed by atoms with E-state index in [1.807, 2.05) is 0 Å². The maximum Gasteiger partial charge on any atom is 0.328 e. The van der Waals surface area contributed by atoms with Gasteiger partial charge in [-0.15, -0.1) is 0 Å². The van der Waals surface area contributed by atoms with Gasteiger partial charge in [-0.25, -0.2) is 4.79 Å². The fraction of sp³-hybridized carbons (Fsp3) is 0.417. The number of aliphatic carboxylic acids is 1. The van der Waals surface area contributed by atoms with E-state index in [9.17, 15) is 9.90 Å². The first-order valence-corrected chi connectivity index (χ1v) is 5.68. The van der Waals surface area contributed by atoms with Crippen molar-refractivity contribution in [3.8, 4) is 0 Å². The molecule has 2 N–H and O–H groups in total. The van der Waals surface area contributed by atoms with E-state index < -0.39 is 11.5 Å². The molecular formula is C12H14ClNO2. The molecule has 0 spiro atoms. The Labute approximate surface area is 99.4 Å². The first kappa shape index (κ1) is 11.4. The second-order valence-electron chi connectivity index (χ2n) is 4.33. The Morgan fingerprint density at radius 1 is 1.50 bits per heavy atom. The van der Waals surface area contributed by atoms with Crippen molar-refractivity contribution in [2.75, 3.05) is 0 Å². The molecule has 1 aliphatic carbocycles. The Hall–Kier alpha value is -1.06. The van der Waals surface area contributed by atoms with Crippen LogP contribution >= 0.6 is 11.6 Å². The molecule has 0 amide bonds. The van der Waals surface area contributed by atoms with Gasteiger partial charge in [0.15, 0.2) is 0 Å². The summed E-state index contributed by atoms with van der Waals surface area (Å²) in [5.41, 5.74) is -0.476. The van der Waals surface area contributed by atoms with Crippen molar-refractivity contribution in [1.82, 2.24) is 5.32 Å². The van der Waals surface area contributed by atoms with Gasteiger partial charge in [0.05, 0.1) is 0 Å². The molecule has 1 aliphatic rings. The normalized spacial score (nSPS) is 19.1. The quantitative estimate of drug-likeness (QED) is 0.848. The SMILES string of the molecule is CC(NC1CC1)(C(=O)O)c1ccccc1Cl. The molecular weight excluding hydrogens is 226 g/mol. The molecule has 1 unspecified atom stereocenters. The number of carboxylic acid groups (broad SMARTS) is 1. The van der Waals surface area contributed by atoms with Gasteiger partial charge in [-0.2, -0.15) is 0 Å². The minimum Gasteiger partial charge on any atom is -0.480 e. The topological polar surface area (TPSA) is 49.3 Å². The highest BCUT2D eigenvalue weighted by Gasteiger charge is 2.41. The Morgan fingerprint density at radius 3 is 2.62 bits per heavy atom. The maximum absolute atomic E-state index is 11.4. The zero-order chi connectivity index (χ0) is 11.8. The standard InChI is InChI=1S/C12H14ClNO2/c1-12(11(15)16,14-8-6-7-8)9-4-2-3-5-10(9)13/h2-5,8,14H,6-7H2,1H3,(H,15,16). The van der Waals surface area contributed by atoms with Gasteiger partial charge in [0.2, 0.25) is 0 Å². The molecule has 0 saturated heterocycles. The molecule has 3 nitrogen and oxygen atoms in total. The van der Waals surface area contributed by atoms with Crippen molar-refractivity contribution >= 4 is 17.6 Å². The number of carbonyl (C=O) groups is 1. The second kappa shape index (κ2) is 4.07. The van der Waals surface area contributed by atoms with Crippen LogP contribution in [-0.2, 0) is 10.3 Å². The van der Waals surface area contributed by atoms with E-state index in [4.69, 9.17) is 11.6 Å². The molecule has 4 heteroatoms. The Kier molecular flexibility index (Phi) is 2.91. The van der Waals surface area contributed by atoms with E-state index in [1.54, 1.807) is 31.2 Å². The average Bonchev–Trinajstić information content (AvgIpc) is 3.01. The summed E-state index contributed by atoms with van der Waals surface area (Å²) in [6.45, 7) is 1.66. The molecule has 0 aromatic heterocycles. The van der Waals surface area contributed by atoms with Crippen molar-refractivity contribution in [1.29, 1.82) is 0 Å². The minimum atomic E-state index is -1.10. The van der Waals surface area contributed by atoms with Crippen molar-refractivity contribution in [2.45, 2.75) is 31.3 Å². The molecule has 1 aromatic carbocycles. The predicted octanol–water partition coefficient (Wildman–Crippen LogP) is 2.39. The summed E-state index contributed by atoms with van der Waals surface area (Å²) in [5, 5.41) is 13.0. The lowest BCUT2D eigenvalue weighted by Crippen LogP contribution is -2.47. The van der Waals surface area contributed by atoms with Crippen molar-refractivity contribution < 1.29 is 9.90 Å². The smallest absolute Gasteiger partial charge is 0.328 e. The molecule has 2 rings (SSSR count). The molecule has 0 aliphatic heterocycles. The lowest BCUT2D eigenvalue weighted by atomic mass is 9.92. The molecule has 1 saturated carbocycles. The summed E-state index contributed by atoms with van der Waals surface area (Å²) >= 11 is 6.05. The first-order chi connectivity index (χ1) is 7.54. The monoisotopic (exact) mass is 239 g/mol. The third-order valence-electron chi connectivity index (χ3n) is 2.91. The van der Waals surface area contributed by atoms with Crippen LogP contribution in [0, 0.1) is 0 Å². The Bertz CT molecular complexity index is 417. The van der Waals surface area contributed by atoms with E-state index in [0.717, 1.165) is 12.8 Å². The molecule has 86 valence electrons. The highest BCUT2D eigenvalue weighted by molar-refractivity contribution is 6.31. The van der Waals surface area contributed by atoms with E-state index in [-0.39, 0.29) is 0 Å². The third-order valence-corrected chi connectivity index (χ3v) is 3.24. The number of benzene rings is 1. The molecule has 0 radical (unpaired) electrons. The number of carboxylic acids is 1. The molecule has 1 fully saturated rings. The van der Waals surface area contributed by atoms with Crippen molar-refractivity contribution in [2.24, 2.45) is 0 Å². The van der Waals surface area contributed by atoms with Crippen LogP contribution in [0.25, 0.3) is 0 Å². The molecule has 0 bridgehead atoms. The summed E-state index contributed by atoms with van der Waals surface area (Å²) < 4.78 is 0. The summed E-state index contributed by atoms with van der Waals surface area (Å²) in [6, 6.07) is 7.37. The van der Waals surface area contributed by atoms with Gasteiger partial charge >= 0.3 is 5.97 Å². The predicted molar refractivity (Wildman–Crippen MR) is 62.6 cm³/mol. The van der Waals surface area contributed by atoms with Gasteiger partial charge in [0.25, 0.3) is 0 Å². The number of hydrogen-bond acceptors (Lipinski definition) is 2. The molecule has 1 atom stereocenters. The van der Waals surface area contributed by atoms with E-state index in [2.05, 4.69) is 5.32 Å². The first-order valence-electron chi connectivity index (χ1n) is 5.30. The summed E-state index contributed by atoms with van der Waals surface area (Å²) in [6.07, 6.45) is 2.07. The van der Waals surface area contributed by atoms with Crippen LogP contribution < -0.4 is 5.32 Å². The van der Waals surface area contributed by atoms with Crippen molar-refractivity contribution in [3.05, 3.63) is 34.9 Å². The van der Waals surface area contributed by atoms with Gasteiger partial charge < -0.3 is 5.11 Å². The number of hydrogen-bond donors (Lipinski definition) is 2. The van der Waals surface area contributed by atoms with Gasteiger partial charge in [-0.05, 0) is 25.8 Å². The van der Waals surface area contributed by atoms with Gasteiger partial charge in [0, 0.05) is 16.6 Å². The zero-order valence-electron chi connectivity index (χ0n) is 9.03. The average molecular weight is 240 g/mol. The maximum atomic E-state index is 11.4. The largest absolute Gasteiger partial charge is 0.480 e. The van der Waals surface area contributed by atoms with E-state index >= 15 is 0 Å². The molecule has 1 aromatic rings. The third kappa shape index (κ3) is 2.06. The van der Waals surface area contributed by atoms with Gasteiger partial charge in [-0.3, -0.25) is 5.32 Å². The Balaban J connectivity index is 2.38. The lowest BCUT2D eigenvalue weighted by molar-refractivity contribution is -0.144. The van der Waals surface area contributed by atoms with Crippen LogP contribution in [0.1, 0.15) is 25.3 Å². The van der Waals surface area contributed by atoms with E-state index in [1.165, 1.54) is 0 Å². The zero-order valence-corrected chi connectivity index (χ0v) is 9.79. The number of halogens is 1. The minimum absolute atomic E-state index is 0.303. The van der Waals surface area contributed by atoms with Crippen LogP contribution in [0.5, 0.6) is 0 Å². The molecule has 0 heterocycles. The van der Waals surface area contributed by atoms with Crippen LogP contribution in [0.3, 0.4) is 0 Å². The van der Waals surface area contributed by atoms with Gasteiger partial charge in [-0.1, -0.05) is 29.8 Å². The van der Waals surface area contributed by atoms with E-state index in [0.29, 0.717) is 16.6 Å². The van der Waals surface area contributed by atoms with Crippen LogP contribution in [0.15, 0.2) is 24.3 Å². The number of rotatable bonds is 4. The highest BCUT2D eigenvalue weighted by Crippen LogP contribution is 2.32. The lowest BCUT2D eigenvalue weighted by Gasteiger charge is -2.27. The summed E-state index contributed by atoms with van der Waals surface area (Å²) in [4.78, 5) is 11.4. The Morgan fingerprint density at radius 2 is 2.12 bits per heavy atom. The fourth-order valence-electron chi connectivity index (χ4n) is 1.76. The van der Waals surface area contributed by atoms with Crippen LogP contribution in [0.2, 0.25) is 5.02 Å². The second-order valence-corrected chi connectivity index (χ2v) is 4.74. The van der Waals surface area contributed by atoms with Crippen molar-refractivity contribution in [3.63, 3.8) is 0 Å². The fourth-order valence-corrected chi connectivity index (χ4v) is 2.08. The van der Waals surface area contributed by atoms with Crippen LogP contribution in [0.4, 0.5) is 0 Å². The molecule has 16 heavy (non-hydrogen) atoms. The van der Waals surface area contributed by atoms with Gasteiger partial charge in [0.1, 0.15) is 5.54 Å². The number of nitrogens with one attached hydrogen (secondary N) is 1. The highest BCUT2D eigenvalue weighted by atomic mass is 35.5.